The van der Waals surface area contributed by atoms with Gasteiger partial charge >= 0.3 is 0 Å². The van der Waals surface area contributed by atoms with Crippen LogP contribution < -0.4 is 5.32 Å². The first-order valence-corrected chi connectivity index (χ1v) is 9.30. The summed E-state index contributed by atoms with van der Waals surface area (Å²) in [7, 11) is 0. The summed E-state index contributed by atoms with van der Waals surface area (Å²) in [4.78, 5) is 12.6. The molecule has 0 aliphatic rings. The Bertz CT molecular complexity index is 1140. The zero-order valence-electron chi connectivity index (χ0n) is 15.3. The molecule has 0 bridgehead atoms. The van der Waals surface area contributed by atoms with E-state index in [2.05, 4.69) is 15.5 Å². The minimum absolute atomic E-state index is 0.210. The standard InChI is InChI=1S/C21H17ClFN5O/c22-18-14-28(13-17-6-1-2-8-19(17)23)26-20(18)25-21(29)16-7-3-5-15(11-16)12-27-10-4-9-24-27/h1-11,14H,12-13H2,(H,25,26,29). The van der Waals surface area contributed by atoms with Crippen LogP contribution in [-0.4, -0.2) is 25.5 Å². The van der Waals surface area contributed by atoms with Gasteiger partial charge in [-0.3, -0.25) is 14.2 Å². The fraction of sp³-hybridized carbons (Fsp3) is 0.0952. The highest BCUT2D eigenvalue weighted by Gasteiger charge is 2.14. The average molecular weight is 410 g/mol. The number of carbonyl (C=O) groups is 1. The Kier molecular flexibility index (Phi) is 5.39. The fourth-order valence-corrected chi connectivity index (χ4v) is 3.13. The van der Waals surface area contributed by atoms with Crippen LogP contribution in [0.4, 0.5) is 10.2 Å². The summed E-state index contributed by atoms with van der Waals surface area (Å²) in [6.45, 7) is 0.772. The van der Waals surface area contributed by atoms with E-state index in [0.29, 0.717) is 17.7 Å². The van der Waals surface area contributed by atoms with Gasteiger partial charge in [-0.15, -0.1) is 0 Å². The Hall–Kier alpha value is -3.45. The lowest BCUT2D eigenvalue weighted by molar-refractivity contribution is 0.102. The normalized spacial score (nSPS) is 10.8. The number of aromatic nitrogens is 4. The van der Waals surface area contributed by atoms with Crippen LogP contribution in [-0.2, 0) is 13.1 Å². The zero-order valence-corrected chi connectivity index (χ0v) is 16.1. The van der Waals surface area contributed by atoms with Crippen LogP contribution in [0, 0.1) is 5.82 Å². The number of carbonyl (C=O) groups excluding carboxylic acids is 1. The molecule has 0 aliphatic carbocycles. The smallest absolute Gasteiger partial charge is 0.256 e. The predicted octanol–water partition coefficient (Wildman–Crippen LogP) is 4.22. The minimum Gasteiger partial charge on any atom is -0.304 e. The summed E-state index contributed by atoms with van der Waals surface area (Å²) in [6, 6.07) is 15.5. The molecule has 1 amide bonds. The number of amides is 1. The van der Waals surface area contributed by atoms with E-state index in [4.69, 9.17) is 11.6 Å². The van der Waals surface area contributed by atoms with Gasteiger partial charge < -0.3 is 5.32 Å². The highest BCUT2D eigenvalue weighted by atomic mass is 35.5. The van der Waals surface area contributed by atoms with Gasteiger partial charge in [0.25, 0.3) is 5.91 Å². The molecule has 2 aromatic heterocycles. The van der Waals surface area contributed by atoms with Crippen LogP contribution >= 0.6 is 11.6 Å². The van der Waals surface area contributed by atoms with E-state index in [1.54, 1.807) is 47.4 Å². The van der Waals surface area contributed by atoms with Gasteiger partial charge in [-0.25, -0.2) is 4.39 Å². The van der Waals surface area contributed by atoms with Gasteiger partial charge in [0.15, 0.2) is 5.82 Å². The molecule has 0 unspecified atom stereocenters. The Morgan fingerprint density at radius 3 is 2.72 bits per heavy atom. The van der Waals surface area contributed by atoms with Crippen LogP contribution in [0.3, 0.4) is 0 Å². The summed E-state index contributed by atoms with van der Waals surface area (Å²) in [5.41, 5.74) is 1.91. The Balaban J connectivity index is 1.47. The molecule has 0 spiro atoms. The van der Waals surface area contributed by atoms with E-state index in [0.717, 1.165) is 5.56 Å². The summed E-state index contributed by atoms with van der Waals surface area (Å²) in [5, 5.41) is 11.4. The molecular formula is C21H17ClFN5O. The van der Waals surface area contributed by atoms with E-state index < -0.39 is 0 Å². The maximum absolute atomic E-state index is 13.8. The van der Waals surface area contributed by atoms with Crippen molar-refractivity contribution in [3.63, 3.8) is 0 Å². The predicted molar refractivity (Wildman–Crippen MR) is 108 cm³/mol. The topological polar surface area (TPSA) is 64.7 Å². The maximum Gasteiger partial charge on any atom is 0.256 e. The number of halogens is 2. The molecule has 4 rings (SSSR count). The highest BCUT2D eigenvalue weighted by Crippen LogP contribution is 2.21. The van der Waals surface area contributed by atoms with Crippen molar-refractivity contribution in [3.05, 3.63) is 101 Å². The largest absolute Gasteiger partial charge is 0.304 e. The number of nitrogens with zero attached hydrogens (tertiary/aromatic N) is 4. The summed E-state index contributed by atoms with van der Waals surface area (Å²) in [5.74, 6) is -0.422. The van der Waals surface area contributed by atoms with Gasteiger partial charge in [-0.2, -0.15) is 10.2 Å². The third-order valence-electron chi connectivity index (χ3n) is 4.33. The quantitative estimate of drug-likeness (QED) is 0.518. The van der Waals surface area contributed by atoms with E-state index in [1.807, 2.05) is 24.4 Å². The zero-order chi connectivity index (χ0) is 20.2. The van der Waals surface area contributed by atoms with Crippen molar-refractivity contribution in [2.24, 2.45) is 0 Å². The second-order valence-corrected chi connectivity index (χ2v) is 6.88. The van der Waals surface area contributed by atoms with Crippen LogP contribution in [0.15, 0.2) is 73.2 Å². The molecule has 0 aliphatic heterocycles. The summed E-state index contributed by atoms with van der Waals surface area (Å²) < 4.78 is 17.1. The molecule has 2 aromatic carbocycles. The van der Waals surface area contributed by atoms with Crippen molar-refractivity contribution in [1.29, 1.82) is 0 Å². The maximum atomic E-state index is 13.8. The molecule has 4 aromatic rings. The molecule has 2 heterocycles. The molecule has 29 heavy (non-hydrogen) atoms. The van der Waals surface area contributed by atoms with Gasteiger partial charge in [0.2, 0.25) is 0 Å². The van der Waals surface area contributed by atoms with Crippen molar-refractivity contribution < 1.29 is 9.18 Å². The Morgan fingerprint density at radius 1 is 1.07 bits per heavy atom. The number of anilines is 1. The van der Waals surface area contributed by atoms with Gasteiger partial charge in [0, 0.05) is 29.7 Å². The number of benzene rings is 2. The number of hydrogen-bond donors (Lipinski definition) is 1. The second kappa shape index (κ2) is 8.28. The molecule has 6 nitrogen and oxygen atoms in total. The summed E-state index contributed by atoms with van der Waals surface area (Å²) >= 11 is 6.21. The SMILES string of the molecule is O=C(Nc1nn(Cc2ccccc2F)cc1Cl)c1cccc(Cn2cccn2)c1. The van der Waals surface area contributed by atoms with Crippen molar-refractivity contribution >= 4 is 23.3 Å². The average Bonchev–Trinajstić information content (AvgIpc) is 3.34. The van der Waals surface area contributed by atoms with E-state index >= 15 is 0 Å². The molecule has 1 N–H and O–H groups in total. The third-order valence-corrected chi connectivity index (χ3v) is 4.61. The van der Waals surface area contributed by atoms with Gasteiger partial charge in [0.1, 0.15) is 10.8 Å². The monoisotopic (exact) mass is 409 g/mol. The van der Waals surface area contributed by atoms with Gasteiger partial charge in [0.05, 0.1) is 13.1 Å². The lowest BCUT2D eigenvalue weighted by atomic mass is 10.1. The molecule has 0 fully saturated rings. The Labute approximate surface area is 171 Å². The molecule has 8 heteroatoms. The van der Waals surface area contributed by atoms with E-state index in [9.17, 15) is 9.18 Å². The third kappa shape index (κ3) is 4.52. The highest BCUT2D eigenvalue weighted by molar-refractivity contribution is 6.33. The second-order valence-electron chi connectivity index (χ2n) is 6.47. The first kappa shape index (κ1) is 18.9. The lowest BCUT2D eigenvalue weighted by Crippen LogP contribution is -2.14. The molecule has 0 radical (unpaired) electrons. The lowest BCUT2D eigenvalue weighted by Gasteiger charge is -2.06. The number of rotatable bonds is 6. The molecule has 146 valence electrons. The number of nitrogens with one attached hydrogen (secondary N) is 1. The van der Waals surface area contributed by atoms with E-state index in [-0.39, 0.29) is 29.1 Å². The van der Waals surface area contributed by atoms with Crippen molar-refractivity contribution in [3.8, 4) is 0 Å². The summed E-state index contributed by atoms with van der Waals surface area (Å²) in [6.07, 6.45) is 5.11. The van der Waals surface area contributed by atoms with Gasteiger partial charge in [-0.1, -0.05) is 41.9 Å². The van der Waals surface area contributed by atoms with Gasteiger partial charge in [-0.05, 0) is 29.8 Å². The van der Waals surface area contributed by atoms with Crippen LogP contribution in [0.25, 0.3) is 0 Å². The Morgan fingerprint density at radius 2 is 1.93 bits per heavy atom. The van der Waals surface area contributed by atoms with Crippen molar-refractivity contribution in [2.45, 2.75) is 13.1 Å². The first-order chi connectivity index (χ1) is 14.1. The molecule has 0 atom stereocenters. The van der Waals surface area contributed by atoms with Crippen molar-refractivity contribution in [2.75, 3.05) is 5.32 Å². The van der Waals surface area contributed by atoms with E-state index in [1.165, 1.54) is 10.7 Å². The van der Waals surface area contributed by atoms with Crippen LogP contribution in [0.5, 0.6) is 0 Å². The minimum atomic E-state index is -0.328. The van der Waals surface area contributed by atoms with Crippen molar-refractivity contribution in [1.82, 2.24) is 19.6 Å². The first-order valence-electron chi connectivity index (χ1n) is 8.92. The van der Waals surface area contributed by atoms with Crippen LogP contribution in [0.1, 0.15) is 21.5 Å². The molecule has 0 saturated heterocycles. The molecular weight excluding hydrogens is 393 g/mol. The molecule has 0 saturated carbocycles. The number of hydrogen-bond acceptors (Lipinski definition) is 3. The fourth-order valence-electron chi connectivity index (χ4n) is 2.94. The van der Waals surface area contributed by atoms with Crippen LogP contribution in [0.2, 0.25) is 5.02 Å².